The summed E-state index contributed by atoms with van der Waals surface area (Å²) < 4.78 is 0. The van der Waals surface area contributed by atoms with E-state index in [4.69, 9.17) is 0 Å². The number of hydrogen-bond acceptors (Lipinski definition) is 4. The molecule has 0 saturated heterocycles. The van der Waals surface area contributed by atoms with E-state index in [9.17, 15) is 14.9 Å². The van der Waals surface area contributed by atoms with Crippen molar-refractivity contribution in [3.63, 3.8) is 0 Å². The van der Waals surface area contributed by atoms with Gasteiger partial charge in [-0.05, 0) is 31.4 Å². The minimum atomic E-state index is -0.900. The van der Waals surface area contributed by atoms with Gasteiger partial charge in [0.1, 0.15) is 12.1 Å². The van der Waals surface area contributed by atoms with Crippen LogP contribution in [0, 0.1) is 17.2 Å². The highest BCUT2D eigenvalue weighted by Crippen LogP contribution is 2.14. The van der Waals surface area contributed by atoms with Gasteiger partial charge in [0.05, 0.1) is 23.5 Å². The molecule has 150 valence electrons. The van der Waals surface area contributed by atoms with E-state index in [2.05, 4.69) is 28.3 Å². The van der Waals surface area contributed by atoms with Crippen LogP contribution in [0.2, 0.25) is 0 Å². The molecule has 2 rings (SSSR count). The van der Waals surface area contributed by atoms with Gasteiger partial charge in [-0.1, -0.05) is 39.3 Å². The predicted octanol–water partition coefficient (Wildman–Crippen LogP) is 1.16. The summed E-state index contributed by atoms with van der Waals surface area (Å²) in [6.45, 7) is 9.11. The number of hydrogen-bond donors (Lipinski definition) is 3. The number of fused-ring (bicyclic) bond motifs is 1. The fourth-order valence-corrected chi connectivity index (χ4v) is 2.98. The highest BCUT2D eigenvalue weighted by Gasteiger charge is 2.31. The number of rotatable bonds is 9. The Hall–Kier alpha value is -2.72. The average Bonchev–Trinajstić information content (AvgIpc) is 2.65. The van der Waals surface area contributed by atoms with E-state index in [1.807, 2.05) is 32.0 Å². The fraction of sp³-hybridized carbons (Fsp3) is 0.524. The zero-order chi connectivity index (χ0) is 20.7. The second-order valence-electron chi connectivity index (χ2n) is 7.75. The number of carbonyl (C=O) groups excluding carboxylic acids is 1. The highest BCUT2D eigenvalue weighted by molar-refractivity contribution is 5.78. The molecule has 0 aliphatic rings. The zero-order valence-electron chi connectivity index (χ0n) is 17.1. The first-order chi connectivity index (χ1) is 13.3. The number of amides is 1. The summed E-state index contributed by atoms with van der Waals surface area (Å²) in [6, 6.07) is 9.42. The quantitative estimate of drug-likeness (QED) is 0.604. The first-order valence-corrected chi connectivity index (χ1v) is 9.82. The minimum Gasteiger partial charge on any atom is -0.333 e. The van der Waals surface area contributed by atoms with E-state index in [1.54, 1.807) is 13.0 Å². The Morgan fingerprint density at radius 2 is 2.11 bits per heavy atom. The van der Waals surface area contributed by atoms with Crippen LogP contribution in [-0.2, 0) is 11.3 Å². The topological polar surface area (TPSA) is 103 Å². The summed E-state index contributed by atoms with van der Waals surface area (Å²) >= 11 is 0. The van der Waals surface area contributed by atoms with Gasteiger partial charge in [0.25, 0.3) is 11.5 Å². The number of benzene rings is 1. The lowest BCUT2D eigenvalue weighted by molar-refractivity contribution is -0.906. The molecule has 3 N–H and O–H groups in total. The Morgan fingerprint density at radius 1 is 1.39 bits per heavy atom. The average molecular weight is 385 g/mol. The van der Waals surface area contributed by atoms with Crippen LogP contribution in [0.15, 0.2) is 29.1 Å². The Morgan fingerprint density at radius 3 is 2.75 bits per heavy atom. The van der Waals surface area contributed by atoms with Crippen molar-refractivity contribution in [3.05, 3.63) is 40.4 Å². The van der Waals surface area contributed by atoms with Gasteiger partial charge in [-0.3, -0.25) is 9.59 Å². The van der Waals surface area contributed by atoms with E-state index in [0.29, 0.717) is 23.3 Å². The lowest BCUT2D eigenvalue weighted by Crippen LogP contribution is -3.12. The molecule has 0 radical (unpaired) electrons. The summed E-state index contributed by atoms with van der Waals surface area (Å²) in [6.07, 6.45) is 1.97. The molecule has 28 heavy (non-hydrogen) atoms. The number of unbranched alkanes of at least 4 members (excludes halogenated alkanes) is 1. The van der Waals surface area contributed by atoms with Crippen molar-refractivity contribution in [1.29, 1.82) is 5.26 Å². The Bertz CT molecular complexity index is 915. The maximum atomic E-state index is 12.6. The second-order valence-corrected chi connectivity index (χ2v) is 7.75. The van der Waals surface area contributed by atoms with Crippen molar-refractivity contribution in [2.24, 2.45) is 5.92 Å². The molecule has 1 aromatic carbocycles. The first kappa shape index (κ1) is 21.6. The summed E-state index contributed by atoms with van der Waals surface area (Å²) in [7, 11) is 0. The number of para-hydroxylation sites is 1. The summed E-state index contributed by atoms with van der Waals surface area (Å²) in [5, 5.41) is 12.8. The number of aromatic amines is 1. The van der Waals surface area contributed by atoms with Crippen molar-refractivity contribution in [2.45, 2.75) is 52.6 Å². The molecule has 0 bridgehead atoms. The van der Waals surface area contributed by atoms with Gasteiger partial charge in [0, 0.05) is 0 Å². The molecule has 1 unspecified atom stereocenters. The Kier molecular flexibility index (Phi) is 7.30. The summed E-state index contributed by atoms with van der Waals surface area (Å²) in [5.74, 6) is 0.389. The smallest absolute Gasteiger partial charge is 0.276 e. The van der Waals surface area contributed by atoms with Crippen LogP contribution < -0.4 is 15.8 Å². The summed E-state index contributed by atoms with van der Waals surface area (Å²) in [5.41, 5.74) is -0.420. The minimum absolute atomic E-state index is 0.000879. The molecule has 2 atom stereocenters. The largest absolute Gasteiger partial charge is 0.333 e. The summed E-state index contributed by atoms with van der Waals surface area (Å²) in [4.78, 5) is 33.3. The monoisotopic (exact) mass is 384 g/mol. The fourth-order valence-electron chi connectivity index (χ4n) is 2.98. The van der Waals surface area contributed by atoms with Crippen LogP contribution in [-0.4, -0.2) is 34.5 Å². The van der Waals surface area contributed by atoms with Crippen molar-refractivity contribution in [2.75, 3.05) is 13.1 Å². The molecule has 7 heteroatoms. The van der Waals surface area contributed by atoms with Crippen molar-refractivity contribution >= 4 is 16.8 Å². The molecular weight excluding hydrogens is 354 g/mol. The van der Waals surface area contributed by atoms with Gasteiger partial charge in [-0.15, -0.1) is 0 Å². The first-order valence-electron chi connectivity index (χ1n) is 9.82. The van der Waals surface area contributed by atoms with Crippen LogP contribution in [0.3, 0.4) is 0 Å². The lowest BCUT2D eigenvalue weighted by Gasteiger charge is -2.28. The number of quaternary nitrogens is 1. The third kappa shape index (κ3) is 5.40. The SMILES string of the molecule is CCCC[NH+](CC(=O)N[C@](C)(C#N)C(C)C)Cc1nc2ccccc2c(=O)[nH]1. The molecule has 0 aliphatic heterocycles. The van der Waals surface area contributed by atoms with E-state index >= 15 is 0 Å². The molecular formula is C21H30N5O2+. The molecule has 7 nitrogen and oxygen atoms in total. The predicted molar refractivity (Wildman–Crippen MR) is 109 cm³/mol. The highest BCUT2D eigenvalue weighted by atomic mass is 16.2. The van der Waals surface area contributed by atoms with E-state index in [-0.39, 0.29) is 23.9 Å². The maximum absolute atomic E-state index is 12.6. The van der Waals surface area contributed by atoms with E-state index < -0.39 is 5.54 Å². The molecule has 0 fully saturated rings. The Labute approximate surface area is 165 Å². The Balaban J connectivity index is 2.17. The van der Waals surface area contributed by atoms with Gasteiger partial charge >= 0.3 is 0 Å². The number of nitrogens with one attached hydrogen (secondary N) is 3. The van der Waals surface area contributed by atoms with Gasteiger partial charge in [0.2, 0.25) is 0 Å². The van der Waals surface area contributed by atoms with E-state index in [1.165, 1.54) is 0 Å². The molecule has 1 heterocycles. The number of H-pyrrole nitrogens is 1. The van der Waals surface area contributed by atoms with Crippen molar-refractivity contribution < 1.29 is 9.69 Å². The third-order valence-electron chi connectivity index (χ3n) is 5.16. The van der Waals surface area contributed by atoms with E-state index in [0.717, 1.165) is 24.3 Å². The zero-order valence-corrected chi connectivity index (χ0v) is 17.1. The van der Waals surface area contributed by atoms with Crippen LogP contribution in [0.1, 0.15) is 46.4 Å². The van der Waals surface area contributed by atoms with Gasteiger partial charge in [-0.2, -0.15) is 5.26 Å². The number of carbonyl (C=O) groups is 1. The lowest BCUT2D eigenvalue weighted by atomic mass is 9.90. The number of aromatic nitrogens is 2. The standard InChI is InChI=1S/C21H29N5O2/c1-5-6-11-26(13-19(27)25-21(4,14-22)15(2)3)12-18-23-17-10-8-7-9-16(17)20(28)24-18/h7-10,15H,5-6,11-13H2,1-4H3,(H,25,27)(H,23,24,28)/p+1/t21-/m1/s1. The van der Waals surface area contributed by atoms with Gasteiger partial charge in [-0.25, -0.2) is 4.98 Å². The normalized spacial score (nSPS) is 14.4. The molecule has 1 amide bonds. The number of nitrogens with zero attached hydrogens (tertiary/aromatic N) is 2. The van der Waals surface area contributed by atoms with Crippen LogP contribution in [0.5, 0.6) is 0 Å². The number of nitriles is 1. The van der Waals surface area contributed by atoms with Crippen LogP contribution in [0.4, 0.5) is 0 Å². The van der Waals surface area contributed by atoms with Crippen molar-refractivity contribution in [3.8, 4) is 6.07 Å². The van der Waals surface area contributed by atoms with Gasteiger partial charge in [0.15, 0.2) is 12.4 Å². The maximum Gasteiger partial charge on any atom is 0.276 e. The van der Waals surface area contributed by atoms with Crippen molar-refractivity contribution in [1.82, 2.24) is 15.3 Å². The molecule has 1 aromatic heterocycles. The molecule has 0 aliphatic carbocycles. The second kappa shape index (κ2) is 9.47. The van der Waals surface area contributed by atoms with Crippen LogP contribution >= 0.6 is 0 Å². The van der Waals surface area contributed by atoms with Crippen LogP contribution in [0.25, 0.3) is 10.9 Å². The molecule has 0 spiro atoms. The molecule has 0 saturated carbocycles. The van der Waals surface area contributed by atoms with Gasteiger partial charge < -0.3 is 15.2 Å². The third-order valence-corrected chi connectivity index (χ3v) is 5.16. The molecule has 2 aromatic rings.